The van der Waals surface area contributed by atoms with Crippen molar-refractivity contribution < 1.29 is 27.2 Å². The molecule has 7 rings (SSSR count). The van der Waals surface area contributed by atoms with Crippen LogP contribution in [0.4, 0.5) is 34.8 Å². The van der Waals surface area contributed by atoms with Gasteiger partial charge in [-0.15, -0.1) is 22.7 Å². The summed E-state index contributed by atoms with van der Waals surface area (Å²) in [6, 6.07) is 17.5. The average molecular weight is 770 g/mol. The Morgan fingerprint density at radius 3 is 1.72 bits per heavy atom. The molecule has 7 aromatic rings. The number of benzene rings is 4. The summed E-state index contributed by atoms with van der Waals surface area (Å²) in [4.78, 5) is 48.8. The third kappa shape index (κ3) is 8.37. The van der Waals surface area contributed by atoms with E-state index < -0.39 is 41.1 Å². The summed E-state index contributed by atoms with van der Waals surface area (Å²) in [5.74, 6) is -4.32. The van der Waals surface area contributed by atoms with Gasteiger partial charge in [-0.2, -0.15) is 0 Å². The zero-order chi connectivity index (χ0) is 37.9. The molecule has 0 aliphatic rings. The number of nitrogens with zero attached hydrogens (tertiary/aromatic N) is 6. The zero-order valence-corrected chi connectivity index (χ0v) is 30.5. The van der Waals surface area contributed by atoms with Gasteiger partial charge in [0.05, 0.1) is 31.5 Å². The van der Waals surface area contributed by atoms with Crippen LogP contribution in [0.25, 0.3) is 20.4 Å². The second-order valence-corrected chi connectivity index (χ2v) is 14.5. The molecule has 1 N–H and O–H groups in total. The third-order valence-corrected chi connectivity index (χ3v) is 10.6. The number of rotatable bonds is 12. The first kappa shape index (κ1) is 36.6. The number of carbonyl (C=O) groups excluding carboxylic acids is 2. The Bertz CT molecular complexity index is 2290. The largest absolute Gasteiger partial charge is 0.358 e. The minimum Gasteiger partial charge on any atom is -0.358 e. The fourth-order valence-electron chi connectivity index (χ4n) is 6.27. The molecule has 0 radical (unpaired) electrons. The Morgan fingerprint density at radius 2 is 1.17 bits per heavy atom. The topological polar surface area (TPSA) is 104 Å². The Labute approximate surface area is 315 Å². The summed E-state index contributed by atoms with van der Waals surface area (Å²) in [6.45, 7) is 0. The molecule has 9 nitrogen and oxygen atoms in total. The van der Waals surface area contributed by atoms with Gasteiger partial charge >= 0.3 is 0 Å². The van der Waals surface area contributed by atoms with Gasteiger partial charge in [0.2, 0.25) is 11.8 Å². The van der Waals surface area contributed by atoms with Crippen molar-refractivity contribution in [2.75, 3.05) is 29.2 Å². The lowest BCUT2D eigenvalue weighted by atomic mass is 9.94. The number of hydrogen-bond acceptors (Lipinski definition) is 9. The van der Waals surface area contributed by atoms with E-state index in [1.54, 1.807) is 49.4 Å². The SMILES string of the molecule is CN(C(=O)[C@H](Cc1cc(F)cc(F)c1)Cc1nccc(N[C@@H](Cc2cc(F)cc(F)c2)C(=O)N(C)c2ccc3scnc3c2)n1)c1ccc2scnc2c1. The van der Waals surface area contributed by atoms with Crippen LogP contribution in [-0.4, -0.2) is 51.9 Å². The Morgan fingerprint density at radius 1 is 0.648 bits per heavy atom. The highest BCUT2D eigenvalue weighted by atomic mass is 32.1. The molecule has 15 heteroatoms. The first-order valence-electron chi connectivity index (χ1n) is 16.7. The fourth-order valence-corrected chi connectivity index (χ4v) is 7.59. The van der Waals surface area contributed by atoms with E-state index in [0.717, 1.165) is 39.2 Å². The summed E-state index contributed by atoms with van der Waals surface area (Å²) in [5, 5.41) is 3.12. The van der Waals surface area contributed by atoms with Gasteiger partial charge < -0.3 is 15.1 Å². The summed E-state index contributed by atoms with van der Waals surface area (Å²) in [7, 11) is 3.21. The Kier molecular flexibility index (Phi) is 10.6. The van der Waals surface area contributed by atoms with Gasteiger partial charge in [-0.25, -0.2) is 37.5 Å². The van der Waals surface area contributed by atoms with Crippen molar-refractivity contribution in [2.24, 2.45) is 5.92 Å². The van der Waals surface area contributed by atoms with Gasteiger partial charge in [-0.05, 0) is 84.3 Å². The standard InChI is InChI=1S/C39H31F4N7O2S2/c1-49(29-3-5-34-31(18-29)45-20-53-34)38(51)24(9-22-10-25(40)16-26(41)11-22)15-37-44-8-7-36(48-37)47-33(14-23-12-27(42)17-28(43)13-23)39(52)50(2)30-4-6-35-32(19-30)46-21-54-35/h3-8,10-13,16-21,24,33H,9,14-15H2,1-2H3,(H,44,47,48)/t24-,33+/m1/s1. The molecular weight excluding hydrogens is 739 g/mol. The van der Waals surface area contributed by atoms with Crippen LogP contribution in [0.3, 0.4) is 0 Å². The maximum Gasteiger partial charge on any atom is 0.249 e. The molecule has 0 aliphatic carbocycles. The number of carbonyl (C=O) groups is 2. The number of aromatic nitrogens is 4. The van der Waals surface area contributed by atoms with Gasteiger partial charge in [0.1, 0.15) is 41.0 Å². The summed E-state index contributed by atoms with van der Waals surface area (Å²) in [5.41, 5.74) is 6.52. The number of nitrogens with one attached hydrogen (secondary N) is 1. The lowest BCUT2D eigenvalue weighted by molar-refractivity contribution is -0.122. The van der Waals surface area contributed by atoms with Crippen LogP contribution in [0, 0.1) is 29.2 Å². The predicted molar refractivity (Wildman–Crippen MR) is 203 cm³/mol. The minimum absolute atomic E-state index is 0.0296. The molecule has 3 aromatic heterocycles. The lowest BCUT2D eigenvalue weighted by Crippen LogP contribution is -2.42. The molecule has 2 amide bonds. The first-order chi connectivity index (χ1) is 26.0. The number of thiazole rings is 2. The van der Waals surface area contributed by atoms with Crippen molar-refractivity contribution >= 4 is 72.1 Å². The van der Waals surface area contributed by atoms with Crippen LogP contribution in [0.15, 0.2) is 96.1 Å². The molecule has 0 spiro atoms. The molecule has 0 saturated heterocycles. The first-order valence-corrected chi connectivity index (χ1v) is 18.4. The Hall–Kier alpha value is -5.80. The van der Waals surface area contributed by atoms with E-state index in [1.807, 2.05) is 12.1 Å². The van der Waals surface area contributed by atoms with Crippen LogP contribution >= 0.6 is 22.7 Å². The number of halogens is 4. The summed E-state index contributed by atoms with van der Waals surface area (Å²) < 4.78 is 58.9. The summed E-state index contributed by atoms with van der Waals surface area (Å²) >= 11 is 2.94. The highest BCUT2D eigenvalue weighted by molar-refractivity contribution is 7.17. The van der Waals surface area contributed by atoms with Crippen LogP contribution < -0.4 is 15.1 Å². The van der Waals surface area contributed by atoms with E-state index in [4.69, 9.17) is 0 Å². The monoisotopic (exact) mass is 769 g/mol. The number of fused-ring (bicyclic) bond motifs is 2. The second-order valence-electron chi connectivity index (χ2n) is 12.7. The van der Waals surface area contributed by atoms with E-state index in [9.17, 15) is 27.2 Å². The van der Waals surface area contributed by atoms with Crippen molar-refractivity contribution in [3.8, 4) is 0 Å². The van der Waals surface area contributed by atoms with Gasteiger partial charge in [-0.1, -0.05) is 0 Å². The van der Waals surface area contributed by atoms with Crippen LogP contribution in [0.1, 0.15) is 17.0 Å². The van der Waals surface area contributed by atoms with Gasteiger partial charge in [0.15, 0.2) is 0 Å². The number of likely N-dealkylation sites (N-methyl/N-ethyl adjacent to an activating group) is 1. The second kappa shape index (κ2) is 15.7. The minimum atomic E-state index is -1.05. The molecule has 0 fully saturated rings. The molecular formula is C39H31F4N7O2S2. The average Bonchev–Trinajstić information content (AvgIpc) is 3.82. The zero-order valence-electron chi connectivity index (χ0n) is 28.8. The van der Waals surface area contributed by atoms with E-state index >= 15 is 0 Å². The Balaban J connectivity index is 1.17. The maximum absolute atomic E-state index is 14.3. The van der Waals surface area contributed by atoms with Crippen molar-refractivity contribution in [1.29, 1.82) is 0 Å². The van der Waals surface area contributed by atoms with Crippen molar-refractivity contribution in [3.63, 3.8) is 0 Å². The van der Waals surface area contributed by atoms with Gasteiger partial charge in [0.25, 0.3) is 0 Å². The van der Waals surface area contributed by atoms with E-state index in [2.05, 4.69) is 25.3 Å². The number of anilines is 3. The molecule has 0 saturated carbocycles. The molecule has 54 heavy (non-hydrogen) atoms. The van der Waals surface area contributed by atoms with Crippen molar-refractivity contribution in [2.45, 2.75) is 25.3 Å². The highest BCUT2D eigenvalue weighted by Crippen LogP contribution is 2.28. The van der Waals surface area contributed by atoms with Crippen molar-refractivity contribution in [1.82, 2.24) is 19.9 Å². The number of hydrogen-bond donors (Lipinski definition) is 1. The molecule has 274 valence electrons. The predicted octanol–water partition coefficient (Wildman–Crippen LogP) is 8.00. The molecule has 3 heterocycles. The smallest absolute Gasteiger partial charge is 0.249 e. The highest BCUT2D eigenvalue weighted by Gasteiger charge is 2.28. The van der Waals surface area contributed by atoms with E-state index in [0.29, 0.717) is 16.9 Å². The van der Waals surface area contributed by atoms with E-state index in [-0.39, 0.29) is 47.9 Å². The normalized spacial score (nSPS) is 12.5. The van der Waals surface area contributed by atoms with Crippen LogP contribution in [0.2, 0.25) is 0 Å². The molecule has 0 aliphatic heterocycles. The van der Waals surface area contributed by atoms with Gasteiger partial charge in [0, 0.05) is 62.6 Å². The lowest BCUT2D eigenvalue weighted by Gasteiger charge is -2.26. The van der Waals surface area contributed by atoms with E-state index in [1.165, 1.54) is 56.9 Å². The molecule has 4 aromatic carbocycles. The summed E-state index contributed by atoms with van der Waals surface area (Å²) in [6.07, 6.45) is 1.29. The van der Waals surface area contributed by atoms with Crippen molar-refractivity contribution in [3.05, 3.63) is 136 Å². The third-order valence-electron chi connectivity index (χ3n) is 8.93. The van der Waals surface area contributed by atoms with Crippen LogP contribution in [0.5, 0.6) is 0 Å². The van der Waals surface area contributed by atoms with Crippen LogP contribution in [-0.2, 0) is 28.9 Å². The molecule has 0 bridgehead atoms. The fraction of sp³-hybridized carbons (Fsp3) is 0.179. The van der Waals surface area contributed by atoms with Gasteiger partial charge in [-0.3, -0.25) is 9.59 Å². The molecule has 0 unspecified atom stereocenters. The molecule has 2 atom stereocenters. The number of amides is 2. The maximum atomic E-state index is 14.3. The quantitative estimate of drug-likeness (QED) is 0.126.